The highest BCUT2D eigenvalue weighted by molar-refractivity contribution is 6.29. The second-order valence-corrected chi connectivity index (χ2v) is 5.39. The Bertz CT molecular complexity index is 705. The van der Waals surface area contributed by atoms with Gasteiger partial charge in [0.05, 0.1) is 11.3 Å². The molecule has 0 spiro atoms. The Balaban J connectivity index is 1.98. The van der Waals surface area contributed by atoms with E-state index in [9.17, 15) is 4.79 Å². The van der Waals surface area contributed by atoms with Gasteiger partial charge in [-0.05, 0) is 30.0 Å². The highest BCUT2D eigenvalue weighted by Crippen LogP contribution is 2.37. The Morgan fingerprint density at radius 1 is 1.26 bits per heavy atom. The van der Waals surface area contributed by atoms with Crippen LogP contribution in [0.1, 0.15) is 27.2 Å². The second-order valence-electron chi connectivity index (χ2n) is 5.00. The number of aryl methyl sites for hydroxylation is 1. The predicted molar refractivity (Wildman–Crippen MR) is 72.5 cm³/mol. The van der Waals surface area contributed by atoms with Crippen molar-refractivity contribution in [3.63, 3.8) is 0 Å². The first-order valence-corrected chi connectivity index (χ1v) is 6.78. The molecule has 1 aliphatic carbocycles. The number of nitrogens with zero attached hydrogens (tertiary/aromatic N) is 1. The van der Waals surface area contributed by atoms with Crippen molar-refractivity contribution in [1.29, 1.82) is 0 Å². The molecule has 2 aliphatic rings. The van der Waals surface area contributed by atoms with Gasteiger partial charge in [-0.15, -0.1) is 0 Å². The summed E-state index contributed by atoms with van der Waals surface area (Å²) in [6, 6.07) is 1.88. The van der Waals surface area contributed by atoms with Crippen molar-refractivity contribution in [2.24, 2.45) is 0 Å². The maximum Gasteiger partial charge on any atom is 0.253 e. The van der Waals surface area contributed by atoms with Crippen molar-refractivity contribution in [1.82, 2.24) is 15.3 Å². The minimum absolute atomic E-state index is 0.0438. The molecule has 3 heterocycles. The average Bonchev–Trinajstić information content (AvgIpc) is 2.79. The van der Waals surface area contributed by atoms with Crippen LogP contribution in [0.15, 0.2) is 12.3 Å². The lowest BCUT2D eigenvalue weighted by Gasteiger charge is -2.17. The van der Waals surface area contributed by atoms with Gasteiger partial charge in [-0.3, -0.25) is 4.79 Å². The van der Waals surface area contributed by atoms with Crippen molar-refractivity contribution in [2.45, 2.75) is 19.3 Å². The van der Waals surface area contributed by atoms with Crippen LogP contribution in [-0.2, 0) is 19.3 Å². The highest BCUT2D eigenvalue weighted by atomic mass is 35.5. The first kappa shape index (κ1) is 11.1. The number of fused-ring (bicyclic) bond motifs is 5. The lowest BCUT2D eigenvalue weighted by molar-refractivity contribution is 0.0945. The molecule has 2 aromatic heterocycles. The van der Waals surface area contributed by atoms with E-state index in [0.717, 1.165) is 47.3 Å². The van der Waals surface area contributed by atoms with Gasteiger partial charge in [0, 0.05) is 30.4 Å². The molecule has 4 nitrogen and oxygen atoms in total. The first-order valence-electron chi connectivity index (χ1n) is 6.41. The van der Waals surface area contributed by atoms with Crippen molar-refractivity contribution >= 4 is 17.5 Å². The average molecular weight is 274 g/mol. The number of carbonyl (C=O) groups is 1. The molecule has 0 atom stereocenters. The standard InChI is InChI=1S/C14H12ClN3O/c15-11-5-9-7(6-17-11)1-2-8-12-10(18-13(8)9)3-4-16-14(12)19/h5-6,18H,1-4H2,(H,16,19). The van der Waals surface area contributed by atoms with Crippen LogP contribution in [0.3, 0.4) is 0 Å². The minimum Gasteiger partial charge on any atom is -0.357 e. The molecule has 0 aromatic carbocycles. The molecule has 0 saturated carbocycles. The third-order valence-corrected chi connectivity index (χ3v) is 4.14. The lowest BCUT2D eigenvalue weighted by atomic mass is 9.89. The summed E-state index contributed by atoms with van der Waals surface area (Å²) in [6.07, 6.45) is 4.48. The van der Waals surface area contributed by atoms with Crippen LogP contribution >= 0.6 is 11.6 Å². The third kappa shape index (κ3) is 1.53. The maximum absolute atomic E-state index is 12.0. The largest absolute Gasteiger partial charge is 0.357 e. The number of rotatable bonds is 0. The summed E-state index contributed by atoms with van der Waals surface area (Å²) in [5, 5.41) is 3.40. The van der Waals surface area contributed by atoms with E-state index in [-0.39, 0.29) is 5.91 Å². The third-order valence-electron chi connectivity index (χ3n) is 3.94. The van der Waals surface area contributed by atoms with Crippen LogP contribution in [0.2, 0.25) is 5.15 Å². The monoisotopic (exact) mass is 273 g/mol. The van der Waals surface area contributed by atoms with E-state index in [1.165, 1.54) is 5.56 Å². The van der Waals surface area contributed by atoms with Crippen LogP contribution < -0.4 is 5.32 Å². The molecule has 0 bridgehead atoms. The first-order chi connectivity index (χ1) is 9.24. The molecule has 0 radical (unpaired) electrons. The quantitative estimate of drug-likeness (QED) is 0.723. The van der Waals surface area contributed by atoms with Crippen LogP contribution in [-0.4, -0.2) is 22.4 Å². The molecule has 5 heteroatoms. The van der Waals surface area contributed by atoms with E-state index in [4.69, 9.17) is 11.6 Å². The molecule has 96 valence electrons. The number of hydrogen-bond acceptors (Lipinski definition) is 2. The summed E-state index contributed by atoms with van der Waals surface area (Å²) in [4.78, 5) is 19.6. The summed E-state index contributed by atoms with van der Waals surface area (Å²) in [5.41, 5.74) is 6.35. The van der Waals surface area contributed by atoms with E-state index >= 15 is 0 Å². The smallest absolute Gasteiger partial charge is 0.253 e. The zero-order valence-corrected chi connectivity index (χ0v) is 11.0. The molecule has 2 aromatic rings. The molecule has 0 fully saturated rings. The second kappa shape index (κ2) is 3.84. The molecule has 4 rings (SSSR count). The molecule has 0 unspecified atom stereocenters. The number of nitrogens with one attached hydrogen (secondary N) is 2. The van der Waals surface area contributed by atoms with Crippen molar-refractivity contribution in [3.8, 4) is 11.3 Å². The van der Waals surface area contributed by atoms with Crippen LogP contribution in [0.25, 0.3) is 11.3 Å². The highest BCUT2D eigenvalue weighted by Gasteiger charge is 2.29. The molecule has 0 saturated heterocycles. The van der Waals surface area contributed by atoms with Crippen molar-refractivity contribution in [3.05, 3.63) is 39.8 Å². The number of H-pyrrole nitrogens is 1. The van der Waals surface area contributed by atoms with Crippen LogP contribution in [0.5, 0.6) is 0 Å². The maximum atomic E-state index is 12.0. The van der Waals surface area contributed by atoms with Crippen LogP contribution in [0.4, 0.5) is 0 Å². The van der Waals surface area contributed by atoms with Gasteiger partial charge in [0.1, 0.15) is 5.15 Å². The number of carbonyl (C=O) groups excluding carboxylic acids is 1. The molecular formula is C14H12ClN3O. The van der Waals surface area contributed by atoms with E-state index in [1.807, 2.05) is 12.3 Å². The fraction of sp³-hybridized carbons (Fsp3) is 0.286. The van der Waals surface area contributed by atoms with Crippen molar-refractivity contribution < 1.29 is 4.79 Å². The Morgan fingerprint density at radius 3 is 3.05 bits per heavy atom. The summed E-state index contributed by atoms with van der Waals surface area (Å²) >= 11 is 5.99. The van der Waals surface area contributed by atoms with E-state index in [1.54, 1.807) is 0 Å². The summed E-state index contributed by atoms with van der Waals surface area (Å²) in [6.45, 7) is 0.704. The Hall–Kier alpha value is -1.81. The number of aromatic amines is 1. The zero-order valence-electron chi connectivity index (χ0n) is 10.2. The van der Waals surface area contributed by atoms with Gasteiger partial charge >= 0.3 is 0 Å². The van der Waals surface area contributed by atoms with Gasteiger partial charge in [0.25, 0.3) is 5.91 Å². The van der Waals surface area contributed by atoms with E-state index in [2.05, 4.69) is 15.3 Å². The molecule has 1 amide bonds. The normalized spacial score (nSPS) is 16.4. The van der Waals surface area contributed by atoms with E-state index < -0.39 is 0 Å². The minimum atomic E-state index is 0.0438. The van der Waals surface area contributed by atoms with Crippen molar-refractivity contribution in [2.75, 3.05) is 6.54 Å². The van der Waals surface area contributed by atoms with E-state index in [0.29, 0.717) is 11.7 Å². The summed E-state index contributed by atoms with van der Waals surface area (Å²) in [7, 11) is 0. The fourth-order valence-electron chi connectivity index (χ4n) is 3.08. The van der Waals surface area contributed by atoms with Gasteiger partial charge in [0.15, 0.2) is 0 Å². The number of hydrogen-bond donors (Lipinski definition) is 2. The Morgan fingerprint density at radius 2 is 2.16 bits per heavy atom. The van der Waals surface area contributed by atoms with Crippen LogP contribution in [0, 0.1) is 0 Å². The zero-order chi connectivity index (χ0) is 13.0. The number of amides is 1. The lowest BCUT2D eigenvalue weighted by Crippen LogP contribution is -2.32. The SMILES string of the molecule is O=C1NCCc2[nH]c3c(c21)CCc1cnc(Cl)cc1-3. The molecule has 1 aliphatic heterocycles. The topological polar surface area (TPSA) is 57.8 Å². The number of pyridine rings is 1. The van der Waals surface area contributed by atoms with Gasteiger partial charge in [0.2, 0.25) is 0 Å². The number of halogens is 1. The van der Waals surface area contributed by atoms with Gasteiger partial charge in [-0.25, -0.2) is 4.98 Å². The Kier molecular flexibility index (Phi) is 2.23. The predicted octanol–water partition coefficient (Wildman–Crippen LogP) is 2.11. The summed E-state index contributed by atoms with van der Waals surface area (Å²) < 4.78 is 0. The van der Waals surface area contributed by atoms with Gasteiger partial charge in [-0.1, -0.05) is 11.6 Å². The molecule has 19 heavy (non-hydrogen) atoms. The summed E-state index contributed by atoms with van der Waals surface area (Å²) in [5.74, 6) is 0.0438. The van der Waals surface area contributed by atoms with Gasteiger partial charge < -0.3 is 10.3 Å². The van der Waals surface area contributed by atoms with Gasteiger partial charge in [-0.2, -0.15) is 0 Å². The molecular weight excluding hydrogens is 262 g/mol. The fourth-order valence-corrected chi connectivity index (χ4v) is 3.23. The number of aromatic nitrogens is 2. The molecule has 2 N–H and O–H groups in total. The Labute approximate surface area is 115 Å².